The Bertz CT molecular complexity index is 485. The second-order valence-electron chi connectivity index (χ2n) is 5.21. The lowest BCUT2D eigenvalue weighted by molar-refractivity contribution is 0.213. The maximum absolute atomic E-state index is 9.26. The molecule has 7 heteroatoms. The number of rotatable bonds is 5. The lowest BCUT2D eigenvalue weighted by Gasteiger charge is -2.23. The van der Waals surface area contributed by atoms with E-state index in [2.05, 4.69) is 28.7 Å². The van der Waals surface area contributed by atoms with Gasteiger partial charge in [0.25, 0.3) is 0 Å². The van der Waals surface area contributed by atoms with E-state index in [9.17, 15) is 5.11 Å². The Morgan fingerprint density at radius 2 is 2.25 bits per heavy atom. The van der Waals surface area contributed by atoms with Crippen molar-refractivity contribution in [2.75, 3.05) is 18.8 Å². The topological polar surface area (TPSA) is 46.2 Å². The van der Waals surface area contributed by atoms with Crippen LogP contribution in [0.4, 0.5) is 0 Å². The van der Waals surface area contributed by atoms with Crippen molar-refractivity contribution in [2.45, 2.75) is 44.7 Å². The van der Waals surface area contributed by atoms with Gasteiger partial charge < -0.3 is 9.67 Å². The fourth-order valence-electron chi connectivity index (χ4n) is 2.63. The van der Waals surface area contributed by atoms with Gasteiger partial charge in [0.2, 0.25) is 0 Å². The highest BCUT2D eigenvalue weighted by Gasteiger charge is 2.19. The van der Waals surface area contributed by atoms with E-state index >= 15 is 0 Å². The van der Waals surface area contributed by atoms with E-state index in [1.54, 1.807) is 4.57 Å². The van der Waals surface area contributed by atoms with Gasteiger partial charge in [0, 0.05) is 18.8 Å². The van der Waals surface area contributed by atoms with Crippen molar-refractivity contribution in [3.8, 4) is 0 Å². The van der Waals surface area contributed by atoms with Crippen LogP contribution in [-0.2, 0) is 20.3 Å². The first-order chi connectivity index (χ1) is 9.65. The zero-order valence-electron chi connectivity index (χ0n) is 12.3. The molecule has 0 spiro atoms. The van der Waals surface area contributed by atoms with E-state index in [1.165, 1.54) is 25.0 Å². The first kappa shape index (κ1) is 16.0. The molecule has 2 rings (SSSR count). The number of aliphatic hydroxyl groups excluding tert-OH is 1. The minimum atomic E-state index is -0.0680. The van der Waals surface area contributed by atoms with Gasteiger partial charge >= 0.3 is 0 Å². The number of hydrogen-bond acceptors (Lipinski definition) is 5. The van der Waals surface area contributed by atoms with Gasteiger partial charge in [-0.2, -0.15) is 16.9 Å². The molecule has 20 heavy (non-hydrogen) atoms. The van der Waals surface area contributed by atoms with E-state index < -0.39 is 0 Å². The maximum Gasteiger partial charge on any atom is 0.198 e. The highest BCUT2D eigenvalue weighted by Crippen LogP contribution is 2.22. The van der Waals surface area contributed by atoms with Crippen LogP contribution in [0, 0.1) is 4.77 Å². The molecule has 1 fully saturated rings. The van der Waals surface area contributed by atoms with Gasteiger partial charge in [-0.3, -0.25) is 4.90 Å². The van der Waals surface area contributed by atoms with Crippen molar-refractivity contribution in [3.05, 3.63) is 10.6 Å². The van der Waals surface area contributed by atoms with Crippen LogP contribution >= 0.6 is 24.0 Å². The van der Waals surface area contributed by atoms with Crippen LogP contribution in [0.1, 0.15) is 32.0 Å². The summed E-state index contributed by atoms with van der Waals surface area (Å²) in [7, 11) is 1.86. The van der Waals surface area contributed by atoms with Gasteiger partial charge in [-0.1, -0.05) is 13.3 Å². The van der Waals surface area contributed by atoms with Gasteiger partial charge in [0.15, 0.2) is 10.6 Å². The van der Waals surface area contributed by atoms with Gasteiger partial charge in [0.1, 0.15) is 6.61 Å². The zero-order chi connectivity index (χ0) is 14.5. The van der Waals surface area contributed by atoms with E-state index in [-0.39, 0.29) is 6.61 Å². The fraction of sp³-hybridized carbons (Fsp3) is 0.846. The first-order valence-corrected chi connectivity index (χ1v) is 8.69. The summed E-state index contributed by atoms with van der Waals surface area (Å²) in [5, 5.41) is 14.4. The van der Waals surface area contributed by atoms with Crippen LogP contribution in [0.3, 0.4) is 0 Å². The van der Waals surface area contributed by atoms with E-state index in [4.69, 9.17) is 12.2 Å². The number of likely N-dealkylation sites (tertiary alicyclic amines) is 1. The molecular weight excluding hydrogens is 292 g/mol. The number of aromatic nitrogens is 3. The maximum atomic E-state index is 9.26. The smallest absolute Gasteiger partial charge is 0.198 e. The molecule has 1 aliphatic rings. The third-order valence-electron chi connectivity index (χ3n) is 3.72. The first-order valence-electron chi connectivity index (χ1n) is 7.23. The molecule has 114 valence electrons. The summed E-state index contributed by atoms with van der Waals surface area (Å²) in [4.78, 5) is 2.43. The van der Waals surface area contributed by atoms with Crippen LogP contribution in [0.15, 0.2) is 0 Å². The molecule has 5 nitrogen and oxygen atoms in total. The average Bonchev–Trinajstić information content (AvgIpc) is 2.62. The van der Waals surface area contributed by atoms with E-state index in [0.29, 0.717) is 10.6 Å². The molecule has 1 aromatic heterocycles. The summed E-state index contributed by atoms with van der Waals surface area (Å²) in [5.74, 6) is 1.81. The molecule has 0 amide bonds. The summed E-state index contributed by atoms with van der Waals surface area (Å²) in [5.41, 5.74) is 0. The monoisotopic (exact) mass is 316 g/mol. The van der Waals surface area contributed by atoms with Crippen LogP contribution < -0.4 is 0 Å². The SMILES string of the molecule is CCSC1CCCCN(Cn2nc(CO)n(C)c2=S)C1. The quantitative estimate of drug-likeness (QED) is 0.842. The van der Waals surface area contributed by atoms with Crippen LogP contribution in [0.5, 0.6) is 0 Å². The third kappa shape index (κ3) is 3.84. The second kappa shape index (κ2) is 7.59. The second-order valence-corrected chi connectivity index (χ2v) is 7.15. The predicted molar refractivity (Wildman–Crippen MR) is 85.3 cm³/mol. The van der Waals surface area contributed by atoms with Crippen molar-refractivity contribution in [2.24, 2.45) is 7.05 Å². The molecule has 1 N–H and O–H groups in total. The molecule has 0 aliphatic carbocycles. The van der Waals surface area contributed by atoms with Crippen molar-refractivity contribution in [3.63, 3.8) is 0 Å². The molecule has 1 unspecified atom stereocenters. The molecule has 0 bridgehead atoms. The van der Waals surface area contributed by atoms with Gasteiger partial charge in [-0.25, -0.2) is 4.68 Å². The lowest BCUT2D eigenvalue weighted by atomic mass is 10.2. The largest absolute Gasteiger partial charge is 0.388 e. The number of thioether (sulfide) groups is 1. The lowest BCUT2D eigenvalue weighted by Crippen LogP contribution is -2.32. The Labute approximate surface area is 130 Å². The van der Waals surface area contributed by atoms with Crippen LogP contribution in [0.2, 0.25) is 0 Å². The minimum absolute atomic E-state index is 0.0680. The van der Waals surface area contributed by atoms with Crippen molar-refractivity contribution in [1.82, 2.24) is 19.2 Å². The van der Waals surface area contributed by atoms with Gasteiger partial charge in [0.05, 0.1) is 6.67 Å². The Hall–Kier alpha value is -0.370. The molecular formula is C13H24N4OS2. The standard InChI is InChI=1S/C13H24N4OS2/c1-3-20-11-6-4-5-7-16(8-11)10-17-13(19)15(2)12(9-18)14-17/h11,18H,3-10H2,1-2H3. The Balaban J connectivity index is 2.06. The van der Waals surface area contributed by atoms with E-state index in [1.807, 2.05) is 11.7 Å². The number of hydrogen-bond donors (Lipinski definition) is 1. The Morgan fingerprint density at radius 3 is 2.90 bits per heavy atom. The Kier molecular flexibility index (Phi) is 6.07. The molecule has 2 heterocycles. The molecule has 1 aliphatic heterocycles. The van der Waals surface area contributed by atoms with E-state index in [0.717, 1.165) is 25.0 Å². The molecule has 1 saturated heterocycles. The van der Waals surface area contributed by atoms with Gasteiger partial charge in [-0.15, -0.1) is 0 Å². The minimum Gasteiger partial charge on any atom is -0.388 e. The van der Waals surface area contributed by atoms with Gasteiger partial charge in [-0.05, 0) is 37.4 Å². The summed E-state index contributed by atoms with van der Waals surface area (Å²) in [6.07, 6.45) is 3.86. The number of nitrogens with zero attached hydrogens (tertiary/aromatic N) is 4. The van der Waals surface area contributed by atoms with Crippen molar-refractivity contribution in [1.29, 1.82) is 0 Å². The average molecular weight is 316 g/mol. The summed E-state index contributed by atoms with van der Waals surface area (Å²) in [6.45, 7) is 5.09. The predicted octanol–water partition coefficient (Wildman–Crippen LogP) is 2.01. The zero-order valence-corrected chi connectivity index (χ0v) is 13.9. The molecule has 0 radical (unpaired) electrons. The number of aliphatic hydroxyl groups is 1. The molecule has 0 saturated carbocycles. The summed E-state index contributed by atoms with van der Waals surface area (Å²) >= 11 is 7.44. The molecule has 0 aromatic carbocycles. The molecule has 1 aromatic rings. The van der Waals surface area contributed by atoms with Crippen LogP contribution in [0.25, 0.3) is 0 Å². The third-order valence-corrected chi connectivity index (χ3v) is 5.40. The fourth-order valence-corrected chi connectivity index (χ4v) is 3.96. The highest BCUT2D eigenvalue weighted by molar-refractivity contribution is 7.99. The Morgan fingerprint density at radius 1 is 1.45 bits per heavy atom. The van der Waals surface area contributed by atoms with Crippen molar-refractivity contribution < 1.29 is 5.11 Å². The highest BCUT2D eigenvalue weighted by atomic mass is 32.2. The van der Waals surface area contributed by atoms with Crippen LogP contribution in [-0.4, -0.2) is 48.4 Å². The van der Waals surface area contributed by atoms with Crippen molar-refractivity contribution >= 4 is 24.0 Å². The normalized spacial score (nSPS) is 21.1. The molecule has 1 atom stereocenters. The summed E-state index contributed by atoms with van der Waals surface area (Å²) < 4.78 is 4.30. The summed E-state index contributed by atoms with van der Waals surface area (Å²) in [6, 6.07) is 0.